The van der Waals surface area contributed by atoms with Crippen molar-refractivity contribution in [3.05, 3.63) is 29.3 Å². The maximum Gasteiger partial charge on any atom is 0.248 e. The first-order valence-corrected chi connectivity index (χ1v) is 6.06. The summed E-state index contributed by atoms with van der Waals surface area (Å²) in [7, 11) is 1.84. The minimum atomic E-state index is -2.57. The molecule has 1 nitrogen and oxygen atoms in total. The van der Waals surface area contributed by atoms with Crippen LogP contribution in [0, 0.1) is 6.92 Å². The van der Waals surface area contributed by atoms with Gasteiger partial charge in [-0.05, 0) is 30.0 Å². The SMILES string of the molecule is CCC(F)(F)C[C@H](C)c1cccc(NC)c1C. The Morgan fingerprint density at radius 1 is 1.35 bits per heavy atom. The quantitative estimate of drug-likeness (QED) is 0.796. The van der Waals surface area contributed by atoms with Crippen LogP contribution in [0.5, 0.6) is 0 Å². The van der Waals surface area contributed by atoms with E-state index in [1.807, 2.05) is 39.1 Å². The number of anilines is 1. The molecule has 0 aromatic heterocycles. The Morgan fingerprint density at radius 2 is 2.00 bits per heavy atom. The van der Waals surface area contributed by atoms with Gasteiger partial charge in [-0.25, -0.2) is 8.78 Å². The Kier molecular flexibility index (Phi) is 4.49. The van der Waals surface area contributed by atoms with Gasteiger partial charge in [-0.2, -0.15) is 0 Å². The average molecular weight is 241 g/mol. The third kappa shape index (κ3) is 3.42. The van der Waals surface area contributed by atoms with Crippen molar-refractivity contribution in [2.75, 3.05) is 12.4 Å². The Hall–Kier alpha value is -1.12. The fourth-order valence-corrected chi connectivity index (χ4v) is 2.16. The van der Waals surface area contributed by atoms with Crippen molar-refractivity contribution in [1.29, 1.82) is 0 Å². The molecule has 1 aromatic carbocycles. The van der Waals surface area contributed by atoms with Crippen LogP contribution in [-0.4, -0.2) is 13.0 Å². The zero-order valence-corrected chi connectivity index (χ0v) is 11.0. The molecule has 1 rings (SSSR count). The van der Waals surface area contributed by atoms with Gasteiger partial charge in [0.1, 0.15) is 0 Å². The van der Waals surface area contributed by atoms with E-state index in [0.29, 0.717) is 0 Å². The lowest BCUT2D eigenvalue weighted by atomic mass is 9.90. The molecule has 17 heavy (non-hydrogen) atoms. The van der Waals surface area contributed by atoms with Crippen LogP contribution >= 0.6 is 0 Å². The molecule has 0 saturated carbocycles. The van der Waals surface area contributed by atoms with Gasteiger partial charge in [0, 0.05) is 25.6 Å². The molecule has 1 aromatic rings. The van der Waals surface area contributed by atoms with Gasteiger partial charge in [-0.1, -0.05) is 26.0 Å². The highest BCUT2D eigenvalue weighted by atomic mass is 19.3. The van der Waals surface area contributed by atoms with Gasteiger partial charge in [-0.15, -0.1) is 0 Å². The summed E-state index contributed by atoms with van der Waals surface area (Å²) < 4.78 is 26.8. The third-order valence-electron chi connectivity index (χ3n) is 3.30. The van der Waals surface area contributed by atoms with Crippen molar-refractivity contribution in [2.24, 2.45) is 0 Å². The molecule has 96 valence electrons. The van der Waals surface area contributed by atoms with Gasteiger partial charge in [0.15, 0.2) is 0 Å². The minimum absolute atomic E-state index is 0.0858. The fourth-order valence-electron chi connectivity index (χ4n) is 2.16. The first kappa shape index (κ1) is 13.9. The molecule has 0 aliphatic rings. The van der Waals surface area contributed by atoms with E-state index in [4.69, 9.17) is 0 Å². The molecule has 0 radical (unpaired) electrons. The van der Waals surface area contributed by atoms with E-state index in [1.165, 1.54) is 6.92 Å². The zero-order chi connectivity index (χ0) is 13.1. The fraction of sp³-hybridized carbons (Fsp3) is 0.571. The predicted molar refractivity (Wildman–Crippen MR) is 69.0 cm³/mol. The summed E-state index contributed by atoms with van der Waals surface area (Å²) in [5, 5.41) is 3.08. The summed E-state index contributed by atoms with van der Waals surface area (Å²) in [5.41, 5.74) is 3.08. The Labute approximate surface area is 102 Å². The van der Waals surface area contributed by atoms with Gasteiger partial charge in [0.05, 0.1) is 0 Å². The number of hydrogen-bond donors (Lipinski definition) is 1. The van der Waals surface area contributed by atoms with Crippen molar-refractivity contribution < 1.29 is 8.78 Å². The van der Waals surface area contributed by atoms with E-state index in [0.717, 1.165) is 16.8 Å². The van der Waals surface area contributed by atoms with Gasteiger partial charge in [-0.3, -0.25) is 0 Å². The summed E-state index contributed by atoms with van der Waals surface area (Å²) in [6, 6.07) is 5.81. The molecule has 0 unspecified atom stereocenters. The Bertz CT molecular complexity index is 374. The Balaban J connectivity index is 2.93. The number of alkyl halides is 2. The maximum atomic E-state index is 13.4. The van der Waals surface area contributed by atoms with Crippen molar-refractivity contribution in [3.63, 3.8) is 0 Å². The number of benzene rings is 1. The molecular formula is C14H21F2N. The van der Waals surface area contributed by atoms with Crippen molar-refractivity contribution in [3.8, 4) is 0 Å². The largest absolute Gasteiger partial charge is 0.388 e. The second-order valence-electron chi connectivity index (χ2n) is 4.58. The van der Waals surface area contributed by atoms with Crippen molar-refractivity contribution >= 4 is 5.69 Å². The molecule has 0 fully saturated rings. The van der Waals surface area contributed by atoms with E-state index in [9.17, 15) is 8.78 Å². The normalized spacial score (nSPS) is 13.5. The van der Waals surface area contributed by atoms with Crippen LogP contribution in [0.3, 0.4) is 0 Å². The molecule has 1 atom stereocenters. The first-order valence-electron chi connectivity index (χ1n) is 6.06. The summed E-state index contributed by atoms with van der Waals surface area (Å²) in [6.07, 6.45) is -0.181. The second kappa shape index (κ2) is 5.48. The molecule has 0 amide bonds. The van der Waals surface area contributed by atoms with Crippen LogP contribution in [-0.2, 0) is 0 Å². The highest BCUT2D eigenvalue weighted by Gasteiger charge is 2.29. The van der Waals surface area contributed by atoms with Crippen molar-refractivity contribution in [1.82, 2.24) is 0 Å². The lowest BCUT2D eigenvalue weighted by Crippen LogP contribution is -2.18. The van der Waals surface area contributed by atoms with Gasteiger partial charge < -0.3 is 5.32 Å². The lowest BCUT2D eigenvalue weighted by Gasteiger charge is -2.22. The van der Waals surface area contributed by atoms with Crippen LogP contribution in [0.4, 0.5) is 14.5 Å². The maximum absolute atomic E-state index is 13.4. The van der Waals surface area contributed by atoms with E-state index in [2.05, 4.69) is 5.32 Å². The lowest BCUT2D eigenvalue weighted by molar-refractivity contribution is -0.0167. The monoisotopic (exact) mass is 241 g/mol. The first-order chi connectivity index (χ1) is 7.91. The third-order valence-corrected chi connectivity index (χ3v) is 3.30. The van der Waals surface area contributed by atoms with Crippen LogP contribution < -0.4 is 5.32 Å². The molecule has 0 bridgehead atoms. The molecule has 0 saturated heterocycles. The number of nitrogens with one attached hydrogen (secondary N) is 1. The number of hydrogen-bond acceptors (Lipinski definition) is 1. The minimum Gasteiger partial charge on any atom is -0.388 e. The number of halogens is 2. The van der Waals surface area contributed by atoms with Crippen molar-refractivity contribution in [2.45, 2.75) is 45.5 Å². The highest BCUT2D eigenvalue weighted by molar-refractivity contribution is 5.54. The topological polar surface area (TPSA) is 12.0 Å². The molecule has 1 N–H and O–H groups in total. The van der Waals surface area contributed by atoms with Crippen LogP contribution in [0.25, 0.3) is 0 Å². The molecule has 0 heterocycles. The van der Waals surface area contributed by atoms with E-state index in [-0.39, 0.29) is 18.8 Å². The zero-order valence-electron chi connectivity index (χ0n) is 11.0. The summed E-state index contributed by atoms with van der Waals surface area (Å²) >= 11 is 0. The average Bonchev–Trinajstić information content (AvgIpc) is 2.28. The molecule has 0 aliphatic carbocycles. The van der Waals surface area contributed by atoms with E-state index < -0.39 is 5.92 Å². The van der Waals surface area contributed by atoms with Gasteiger partial charge in [0.2, 0.25) is 5.92 Å². The van der Waals surface area contributed by atoms with Crippen LogP contribution in [0.1, 0.15) is 43.7 Å². The Morgan fingerprint density at radius 3 is 2.53 bits per heavy atom. The van der Waals surface area contributed by atoms with Crippen LogP contribution in [0.2, 0.25) is 0 Å². The highest BCUT2D eigenvalue weighted by Crippen LogP contribution is 2.34. The smallest absolute Gasteiger partial charge is 0.248 e. The summed E-state index contributed by atoms with van der Waals surface area (Å²) in [4.78, 5) is 0. The van der Waals surface area contributed by atoms with Crippen LogP contribution in [0.15, 0.2) is 18.2 Å². The second-order valence-corrected chi connectivity index (χ2v) is 4.58. The van der Waals surface area contributed by atoms with Gasteiger partial charge >= 0.3 is 0 Å². The molecular weight excluding hydrogens is 220 g/mol. The van der Waals surface area contributed by atoms with Gasteiger partial charge in [0.25, 0.3) is 0 Å². The van der Waals surface area contributed by atoms with E-state index in [1.54, 1.807) is 0 Å². The number of rotatable bonds is 5. The van der Waals surface area contributed by atoms with E-state index >= 15 is 0 Å². The summed E-state index contributed by atoms with van der Waals surface area (Å²) in [6.45, 7) is 5.37. The molecule has 0 spiro atoms. The standard InChI is InChI=1S/C14H21F2N/c1-5-14(15,16)9-10(2)12-7-6-8-13(17-4)11(12)3/h6-8,10,17H,5,9H2,1-4H3/t10-/m0/s1. The molecule has 3 heteroatoms. The summed E-state index contributed by atoms with van der Waals surface area (Å²) in [5.74, 6) is -2.69. The molecule has 0 aliphatic heterocycles. The predicted octanol–water partition coefficient (Wildman–Crippen LogP) is 4.58.